The van der Waals surface area contributed by atoms with Crippen LogP contribution < -0.4 is 5.32 Å². The number of phosphoric ester groups is 2. The number of carboxylic acid groups (broad SMARTS) is 2. The van der Waals surface area contributed by atoms with Gasteiger partial charge in [0.25, 0.3) is 11.6 Å². The summed E-state index contributed by atoms with van der Waals surface area (Å²) in [5.74, 6) is -13.2. The number of aliphatic hydroxyl groups excluding tert-OH is 35. The maximum Gasteiger partial charge on any atom is 0.470 e. The maximum atomic E-state index is 13.7. The number of phosphoric acid groups is 2. The average molecular weight is 2240 g/mol. The summed E-state index contributed by atoms with van der Waals surface area (Å²) in [5.41, 5.74) is 0. The summed E-state index contributed by atoms with van der Waals surface area (Å²) in [5, 5.41) is 428. The van der Waals surface area contributed by atoms with Crippen LogP contribution in [0.4, 0.5) is 0 Å². The van der Waals surface area contributed by atoms with Crippen molar-refractivity contribution in [2.75, 3.05) is 72.7 Å². The summed E-state index contributed by atoms with van der Waals surface area (Å²) in [6.07, 6.45) is -149. The number of rotatable bonds is 44. The highest BCUT2D eigenvalue weighted by molar-refractivity contribution is 7.46. The van der Waals surface area contributed by atoms with E-state index in [0.717, 1.165) is 6.92 Å². The van der Waals surface area contributed by atoms with Crippen LogP contribution in [0.15, 0.2) is 0 Å². The van der Waals surface area contributed by atoms with Gasteiger partial charge in [0.15, 0.2) is 56.6 Å². The van der Waals surface area contributed by atoms with Gasteiger partial charge >= 0.3 is 27.6 Å². The first kappa shape index (κ1) is 125. The van der Waals surface area contributed by atoms with Gasteiger partial charge in [0.1, 0.15) is 281 Å². The third-order valence-corrected chi connectivity index (χ3v) is 27.4. The lowest BCUT2D eigenvalue weighted by atomic mass is 9.89. The minimum absolute atomic E-state index is 0.848. The SMILES string of the molecule is CC(=O)N[C@H]1[C@@H](OC[C@H](O)[C@H]2O[C@H](O[C@H]3[C@@H](O[C@H]4[C@@H](O[C@@H]5[C@@H](O)[C@@H](O[C@@H]6[C@H](O)[C@@H](O[C@@H]7[C@H](O)[C@@H](O[C@H]8[C@@H]([C@H](O)CO)O[C@@](O)(C(=O)O)C[C@H]8O[C@]8(C(=O)O)C[C@@H](O)[C@@H](O)[C@@H]([C@H](O)CO)O8)O[C@H]([C@@H](O)CO)[C@H]7OP(=O)(O)O)O[C@H]([C@@H](O)CO[C@H]7O[C@H]([C@@H](O)CO)[C@@H](O)[C@H](O)[C@@H]7O)[C@H]6OP(=O)(O)O)O[C@H](CO[C@H]6O[C@H](CO)[C@H](O)[C@H](O)[C@H]6O)[C@H]5O)O[C@H](CO)[C@@H](O)[C@@H]4O)O[C@H](CO)[C@@H](O)[C@@H]3O)[C@@H](O)[C@@H](O)[C@@H]2O)O[C@H](CO)[C@@H](O)[C@@H]1O. The van der Waals surface area contributed by atoms with Crippen molar-refractivity contribution in [2.24, 2.45) is 0 Å². The van der Waals surface area contributed by atoms with Crippen molar-refractivity contribution < 1.29 is 346 Å². The van der Waals surface area contributed by atoms with E-state index in [0.29, 0.717) is 0 Å². The molecule has 11 aliphatic rings. The lowest BCUT2D eigenvalue weighted by Gasteiger charge is -2.52. The van der Waals surface area contributed by atoms with Crippen LogP contribution in [0.3, 0.4) is 0 Å². The van der Waals surface area contributed by atoms with Crippen molar-refractivity contribution in [3.63, 3.8) is 0 Å². The molecule has 149 heavy (non-hydrogen) atoms. The second-order valence-electron chi connectivity index (χ2n) is 36.7. The molecule has 0 bridgehead atoms. The van der Waals surface area contributed by atoms with Gasteiger partial charge in [0, 0.05) is 19.8 Å². The van der Waals surface area contributed by atoms with E-state index in [1.54, 1.807) is 0 Å². The fraction of sp³-hybridized carbons (Fsp3) is 0.961. The lowest BCUT2D eigenvalue weighted by Crippen LogP contribution is -2.70. The highest BCUT2D eigenvalue weighted by atomic mass is 31.2. The van der Waals surface area contributed by atoms with E-state index in [2.05, 4.69) is 5.32 Å². The van der Waals surface area contributed by atoms with Gasteiger partial charge in [-0.3, -0.25) is 13.8 Å². The quantitative estimate of drug-likeness (QED) is 0.0252. The Labute approximate surface area is 835 Å². The van der Waals surface area contributed by atoms with Gasteiger partial charge < -0.3 is 318 Å². The molecule has 0 radical (unpaired) electrons. The van der Waals surface area contributed by atoms with Gasteiger partial charge in [-0.25, -0.2) is 18.7 Å². The van der Waals surface area contributed by atoms with Crippen molar-refractivity contribution in [3.8, 4) is 0 Å². The molecule has 71 nitrogen and oxygen atoms in total. The van der Waals surface area contributed by atoms with Crippen molar-refractivity contribution in [3.05, 3.63) is 0 Å². The topological polar surface area (TPSA) is 1160 Å². The van der Waals surface area contributed by atoms with Crippen LogP contribution in [-0.2, 0) is 132 Å². The minimum Gasteiger partial charge on any atom is -0.477 e. The fourth-order valence-corrected chi connectivity index (χ4v) is 19.4. The van der Waals surface area contributed by atoms with Crippen LogP contribution in [0.2, 0.25) is 0 Å². The lowest BCUT2D eigenvalue weighted by molar-refractivity contribution is -0.412. The van der Waals surface area contributed by atoms with E-state index in [1.807, 2.05) is 0 Å². The third-order valence-electron chi connectivity index (χ3n) is 26.3. The summed E-state index contributed by atoms with van der Waals surface area (Å²) in [4.78, 5) is 81.7. The molecule has 0 aromatic carbocycles. The zero-order chi connectivity index (χ0) is 111. The molecule has 11 aliphatic heterocycles. The Kier molecular flexibility index (Phi) is 44.3. The summed E-state index contributed by atoms with van der Waals surface area (Å²) in [7, 11) is -13.0. The molecule has 0 aromatic heterocycles. The number of amides is 1. The Morgan fingerprint density at radius 3 is 1.13 bits per heavy atom. The monoisotopic (exact) mass is 2240 g/mol. The number of hydrogen-bond donors (Lipinski definition) is 43. The largest absolute Gasteiger partial charge is 0.477 e. The van der Waals surface area contributed by atoms with Crippen molar-refractivity contribution >= 4 is 33.5 Å². The molecule has 0 unspecified atom stereocenters. The molecule has 868 valence electrons. The Morgan fingerprint density at radius 2 is 0.664 bits per heavy atom. The highest BCUT2D eigenvalue weighted by Gasteiger charge is 2.67. The zero-order valence-electron chi connectivity index (χ0n) is 77.2. The predicted octanol–water partition coefficient (Wildman–Crippen LogP) is -27.5. The van der Waals surface area contributed by atoms with Gasteiger partial charge in [-0.1, -0.05) is 0 Å². The number of aliphatic hydroxyl groups is 36. The summed E-state index contributed by atoms with van der Waals surface area (Å²) < 4.78 is 158. The van der Waals surface area contributed by atoms with Crippen molar-refractivity contribution in [2.45, 2.75) is 381 Å². The second kappa shape index (κ2) is 52.7. The van der Waals surface area contributed by atoms with Gasteiger partial charge in [0.2, 0.25) is 5.91 Å². The fourth-order valence-electron chi connectivity index (χ4n) is 18.3. The minimum atomic E-state index is -6.55. The van der Waals surface area contributed by atoms with Crippen molar-refractivity contribution in [1.82, 2.24) is 5.32 Å². The number of nitrogens with one attached hydrogen (secondary N) is 1. The summed E-state index contributed by atoms with van der Waals surface area (Å²) in [6.45, 7) is -14.3. The molecule has 11 rings (SSSR count). The molecule has 11 fully saturated rings. The van der Waals surface area contributed by atoms with Crippen LogP contribution >= 0.6 is 15.6 Å². The third kappa shape index (κ3) is 28.1. The van der Waals surface area contributed by atoms with Crippen LogP contribution in [0.5, 0.6) is 0 Å². The Balaban J connectivity index is 1.00. The molecule has 11 heterocycles. The molecule has 59 atom stereocenters. The normalized spacial score (nSPS) is 47.6. The number of carbonyl (C=O) groups is 3. The van der Waals surface area contributed by atoms with Gasteiger partial charge in [-0.2, -0.15) is 0 Å². The molecule has 1 amide bonds. The molecule has 73 heteroatoms. The number of hydrogen-bond acceptors (Lipinski definition) is 64. The van der Waals surface area contributed by atoms with Crippen LogP contribution in [0.25, 0.3) is 0 Å². The molecule has 0 aliphatic carbocycles. The molecule has 43 N–H and O–H groups in total. The number of carboxylic acids is 2. The maximum absolute atomic E-state index is 13.7. The standard InChI is InChI=1S/C76H129NO70P2/c1-15(86)77-29-36(100)31(95)24(8-82)128-64(29)125-12-21(92)51-43(107)39(103)46(110)67(134-51)141-60-40(104)33(97)27(11-85)131-72(60)142-61-41(105)34(98)26(10-84)130-71(61)138-57-35(99)28(14-127-65-44(108)37(101)32(96)25(9-83)129-65)132-68(47(57)111)139-59-49(113)70(136-54(63(59)147-149(122,123)124)22(93)13-126-66-45(109)38(102)42(106)50(133-66)17(88)4-78)140-58-48(112)69(135-53(19(90)6-80)62(58)146-148(119,120)121)137-56-23(3-75(118,73(114)115)144-55(56)20(91)7-81)143-76(74(116)117)2-16(87)30(94)52(145-76)18(89)5-79/h16-72,78-85,87-113,118H,2-14H2,1H3,(H,77,86)(H,114,115)(H,116,117)(H2,119,120,121)(H2,122,123,124)/t16-,17+,18-,19+,20-,21+,22+,23-,24-,25-,26-,27-,28-,29-,30-,31-,32+,33-,34-,35-,36-,37+,38+,39+,40+,41+,42+,43+,44-,45+,46+,47-,48+,49+,50-,51-,52-,53-,54-,55-,56-,57+,58-,59-,60-,61-,62-,63-,64+,65+,66+,67-,68-,69-,70-,71-,72-,75-,76-/m1/s1. The smallest absolute Gasteiger partial charge is 0.470 e. The first-order valence-electron chi connectivity index (χ1n) is 45.6. The Bertz CT molecular complexity index is 4270. The van der Waals surface area contributed by atoms with E-state index in [-0.39, 0.29) is 0 Å². The van der Waals surface area contributed by atoms with Crippen LogP contribution in [0.1, 0.15) is 19.8 Å². The van der Waals surface area contributed by atoms with Gasteiger partial charge in [0.05, 0.1) is 84.9 Å². The molecule has 0 spiro atoms. The summed E-state index contributed by atoms with van der Waals surface area (Å²) in [6, 6.07) is -1.67. The highest BCUT2D eigenvalue weighted by Crippen LogP contribution is 2.50. The molecule has 11 saturated heterocycles. The first-order valence-corrected chi connectivity index (χ1v) is 48.7. The molecular weight excluding hydrogens is 2110 g/mol. The number of ether oxygens (including phenoxy) is 21. The van der Waals surface area contributed by atoms with E-state index in [4.69, 9.17) is 109 Å². The molecular formula is C76H129NO70P2. The van der Waals surface area contributed by atoms with E-state index in [9.17, 15) is 237 Å². The Morgan fingerprint density at radius 1 is 0.322 bits per heavy atom. The Hall–Kier alpha value is -3.65. The number of aliphatic carboxylic acids is 2. The zero-order valence-corrected chi connectivity index (χ0v) is 79.0. The first-order chi connectivity index (χ1) is 69.7. The number of carbonyl (C=O) groups excluding carboxylic acids is 1. The van der Waals surface area contributed by atoms with Crippen LogP contribution in [-0.4, -0.2) is 665 Å². The predicted molar refractivity (Wildman–Crippen MR) is 442 cm³/mol. The second-order valence-corrected chi connectivity index (χ2v) is 39.0. The molecule has 0 saturated carbocycles. The van der Waals surface area contributed by atoms with Gasteiger partial charge in [-0.05, 0) is 0 Å². The van der Waals surface area contributed by atoms with E-state index in [1.165, 1.54) is 0 Å². The van der Waals surface area contributed by atoms with Crippen LogP contribution in [0, 0.1) is 0 Å². The van der Waals surface area contributed by atoms with Gasteiger partial charge in [-0.15, -0.1) is 0 Å². The molecule has 0 aromatic rings. The summed E-state index contributed by atoms with van der Waals surface area (Å²) >= 11 is 0. The van der Waals surface area contributed by atoms with E-state index < -0.39 is 480 Å². The van der Waals surface area contributed by atoms with Crippen molar-refractivity contribution in [1.29, 1.82) is 0 Å². The average Bonchev–Trinajstić information content (AvgIpc) is 0.745. The van der Waals surface area contributed by atoms with E-state index >= 15 is 0 Å².